The first kappa shape index (κ1) is 14.6. The summed E-state index contributed by atoms with van der Waals surface area (Å²) in [4.78, 5) is 22.8. The number of carbonyl (C=O) groups excluding carboxylic acids is 2. The molecule has 0 fully saturated rings. The Balaban J connectivity index is 1.69. The number of carbonyl (C=O) groups is 2. The van der Waals surface area contributed by atoms with Crippen molar-refractivity contribution >= 4 is 29.1 Å². The van der Waals surface area contributed by atoms with E-state index in [1.54, 1.807) is 24.3 Å². The molecule has 0 radical (unpaired) electrons. The van der Waals surface area contributed by atoms with E-state index in [1.165, 1.54) is 12.3 Å². The molecule has 8 heteroatoms. The molecule has 4 N–H and O–H groups in total. The van der Waals surface area contributed by atoms with Crippen LogP contribution in [0.1, 0.15) is 18.4 Å². The molecule has 0 unspecified atom stereocenters. The van der Waals surface area contributed by atoms with Crippen molar-refractivity contribution < 1.29 is 18.7 Å². The average molecular weight is 314 g/mol. The predicted molar refractivity (Wildman–Crippen MR) is 83.1 cm³/mol. The van der Waals surface area contributed by atoms with E-state index in [0.717, 1.165) is 11.3 Å². The summed E-state index contributed by atoms with van der Waals surface area (Å²) in [7, 11) is 0. The largest absolute Gasteiger partial charge is 0.434 e. The highest BCUT2D eigenvalue weighted by molar-refractivity contribution is 6.05. The van der Waals surface area contributed by atoms with E-state index in [9.17, 15) is 9.59 Å². The fourth-order valence-electron chi connectivity index (χ4n) is 2.09. The van der Waals surface area contributed by atoms with Gasteiger partial charge < -0.3 is 14.9 Å². The number of nitrogens with zero attached hydrogens (tertiary/aromatic N) is 1. The van der Waals surface area contributed by atoms with Gasteiger partial charge in [-0.3, -0.25) is 10.1 Å². The molecule has 23 heavy (non-hydrogen) atoms. The summed E-state index contributed by atoms with van der Waals surface area (Å²) in [6.45, 7) is 0. The molecular weight excluding hydrogens is 300 g/mol. The van der Waals surface area contributed by atoms with Gasteiger partial charge in [-0.25, -0.2) is 10.2 Å². The van der Waals surface area contributed by atoms with Crippen LogP contribution in [0.3, 0.4) is 0 Å². The lowest BCUT2D eigenvalue weighted by Gasteiger charge is -2.14. The number of nitrogens with one attached hydrogen (secondary N) is 2. The van der Waals surface area contributed by atoms with E-state index in [4.69, 9.17) is 14.9 Å². The molecule has 0 atom stereocenters. The van der Waals surface area contributed by atoms with E-state index in [0.29, 0.717) is 24.2 Å². The van der Waals surface area contributed by atoms with E-state index in [-0.39, 0.29) is 11.9 Å². The zero-order valence-electron chi connectivity index (χ0n) is 12.0. The van der Waals surface area contributed by atoms with Gasteiger partial charge in [-0.05, 0) is 23.8 Å². The number of anilines is 2. The summed E-state index contributed by atoms with van der Waals surface area (Å²) in [6, 6.07) is 8.21. The van der Waals surface area contributed by atoms with Gasteiger partial charge in [0.2, 0.25) is 5.91 Å². The van der Waals surface area contributed by atoms with Gasteiger partial charge in [0.25, 0.3) is 5.95 Å². The SMILES string of the molecule is Nc1cc(C2=NNC(=O)CC2)ccc1NC(=O)Oc1ccco1. The highest BCUT2D eigenvalue weighted by Crippen LogP contribution is 2.22. The highest BCUT2D eigenvalue weighted by atomic mass is 16.6. The van der Waals surface area contributed by atoms with E-state index >= 15 is 0 Å². The number of rotatable bonds is 3. The minimum atomic E-state index is -0.707. The predicted octanol–water partition coefficient (Wildman–Crippen LogP) is 2.09. The van der Waals surface area contributed by atoms with Gasteiger partial charge in [0, 0.05) is 18.9 Å². The Bertz CT molecular complexity index is 768. The maximum absolute atomic E-state index is 11.7. The van der Waals surface area contributed by atoms with Crippen molar-refractivity contribution in [2.45, 2.75) is 12.8 Å². The third kappa shape index (κ3) is 3.49. The van der Waals surface area contributed by atoms with Gasteiger partial charge in [0.1, 0.15) is 0 Å². The topological polar surface area (TPSA) is 119 Å². The molecule has 8 nitrogen and oxygen atoms in total. The minimum Gasteiger partial charge on any atom is -0.434 e. The van der Waals surface area contributed by atoms with Crippen molar-refractivity contribution in [1.82, 2.24) is 5.43 Å². The monoisotopic (exact) mass is 314 g/mol. The van der Waals surface area contributed by atoms with E-state index < -0.39 is 6.09 Å². The quantitative estimate of drug-likeness (QED) is 0.749. The fourth-order valence-corrected chi connectivity index (χ4v) is 2.09. The Morgan fingerprint density at radius 2 is 2.22 bits per heavy atom. The van der Waals surface area contributed by atoms with Crippen LogP contribution in [0.25, 0.3) is 0 Å². The molecule has 2 heterocycles. The molecule has 0 bridgehead atoms. The lowest BCUT2D eigenvalue weighted by atomic mass is 10.0. The van der Waals surface area contributed by atoms with Crippen molar-refractivity contribution in [1.29, 1.82) is 0 Å². The van der Waals surface area contributed by atoms with Crippen LogP contribution >= 0.6 is 0 Å². The van der Waals surface area contributed by atoms with Gasteiger partial charge in [0.05, 0.1) is 23.3 Å². The van der Waals surface area contributed by atoms with Crippen molar-refractivity contribution in [3.05, 3.63) is 42.2 Å². The highest BCUT2D eigenvalue weighted by Gasteiger charge is 2.15. The Labute approximate surface area is 131 Å². The number of nitrogen functional groups attached to an aromatic ring is 1. The summed E-state index contributed by atoms with van der Waals surface area (Å²) in [6.07, 6.45) is 1.61. The van der Waals surface area contributed by atoms with Crippen molar-refractivity contribution in [3.63, 3.8) is 0 Å². The van der Waals surface area contributed by atoms with Crippen LogP contribution in [-0.2, 0) is 4.79 Å². The molecule has 3 rings (SSSR count). The molecule has 118 valence electrons. The smallest absolute Gasteiger partial charge is 0.419 e. The van der Waals surface area contributed by atoms with Crippen LogP contribution in [0.4, 0.5) is 16.2 Å². The van der Waals surface area contributed by atoms with Crippen LogP contribution in [-0.4, -0.2) is 17.7 Å². The van der Waals surface area contributed by atoms with E-state index in [2.05, 4.69) is 15.8 Å². The number of furan rings is 1. The number of ether oxygens (including phenoxy) is 1. The second-order valence-corrected chi connectivity index (χ2v) is 4.84. The molecule has 0 saturated heterocycles. The van der Waals surface area contributed by atoms with Crippen LogP contribution in [0.2, 0.25) is 0 Å². The first-order chi connectivity index (χ1) is 11.1. The molecular formula is C15H14N4O4. The normalized spacial score (nSPS) is 13.9. The van der Waals surface area contributed by atoms with Crippen molar-refractivity contribution in [2.24, 2.45) is 5.10 Å². The zero-order chi connectivity index (χ0) is 16.2. The van der Waals surface area contributed by atoms with Crippen LogP contribution < -0.4 is 21.2 Å². The standard InChI is InChI=1S/C15H14N4O4/c16-10-8-9(11-5-6-13(20)19-18-11)3-4-12(10)17-15(21)23-14-2-1-7-22-14/h1-4,7-8H,5-6,16H2,(H,17,21)(H,19,20). The first-order valence-corrected chi connectivity index (χ1v) is 6.89. The van der Waals surface area contributed by atoms with Crippen molar-refractivity contribution in [3.8, 4) is 5.95 Å². The molecule has 0 saturated carbocycles. The Kier molecular flexibility index (Phi) is 3.96. The summed E-state index contributed by atoms with van der Waals surface area (Å²) in [5.74, 6) is -0.0225. The van der Waals surface area contributed by atoms with Gasteiger partial charge in [0.15, 0.2) is 0 Å². The lowest BCUT2D eigenvalue weighted by molar-refractivity contribution is -0.121. The van der Waals surface area contributed by atoms with Gasteiger partial charge >= 0.3 is 6.09 Å². The molecule has 1 aliphatic heterocycles. The van der Waals surface area contributed by atoms with E-state index in [1.807, 2.05) is 0 Å². The van der Waals surface area contributed by atoms with Gasteiger partial charge in [-0.1, -0.05) is 6.07 Å². The van der Waals surface area contributed by atoms with Gasteiger partial charge in [-0.2, -0.15) is 5.10 Å². The second kappa shape index (κ2) is 6.22. The molecule has 1 aromatic carbocycles. The number of hydrogen-bond donors (Lipinski definition) is 3. The summed E-state index contributed by atoms with van der Waals surface area (Å²) in [5, 5.41) is 6.53. The van der Waals surface area contributed by atoms with Crippen LogP contribution in [0.15, 0.2) is 46.1 Å². The average Bonchev–Trinajstić information content (AvgIpc) is 3.03. The first-order valence-electron chi connectivity index (χ1n) is 6.89. The number of hydrazone groups is 1. The number of nitrogens with two attached hydrogens (primary N) is 1. The fraction of sp³-hybridized carbons (Fsp3) is 0.133. The summed E-state index contributed by atoms with van der Waals surface area (Å²) in [5.41, 5.74) is 10.7. The summed E-state index contributed by atoms with van der Waals surface area (Å²) < 4.78 is 9.84. The molecule has 0 spiro atoms. The molecule has 2 aromatic rings. The Morgan fingerprint density at radius 3 is 2.87 bits per heavy atom. The second-order valence-electron chi connectivity index (χ2n) is 4.84. The number of benzene rings is 1. The Hall–Kier alpha value is -3.29. The third-order valence-electron chi connectivity index (χ3n) is 3.21. The van der Waals surface area contributed by atoms with Crippen LogP contribution in [0, 0.1) is 0 Å². The maximum atomic E-state index is 11.7. The maximum Gasteiger partial charge on any atom is 0.419 e. The van der Waals surface area contributed by atoms with Crippen LogP contribution in [0.5, 0.6) is 5.95 Å². The third-order valence-corrected chi connectivity index (χ3v) is 3.21. The molecule has 0 aliphatic carbocycles. The number of amides is 2. The molecule has 1 aliphatic rings. The zero-order valence-corrected chi connectivity index (χ0v) is 12.0. The molecule has 1 aromatic heterocycles. The van der Waals surface area contributed by atoms with Crippen molar-refractivity contribution in [2.75, 3.05) is 11.1 Å². The molecule has 2 amide bonds. The summed E-state index contributed by atoms with van der Waals surface area (Å²) >= 11 is 0. The minimum absolute atomic E-state index is 0.0880. The Morgan fingerprint density at radius 1 is 1.35 bits per heavy atom. The lowest BCUT2D eigenvalue weighted by Crippen LogP contribution is -2.26. The number of hydrogen-bond acceptors (Lipinski definition) is 6. The van der Waals surface area contributed by atoms with Gasteiger partial charge in [-0.15, -0.1) is 0 Å².